The molecule has 26 heavy (non-hydrogen) atoms. The highest BCUT2D eigenvalue weighted by molar-refractivity contribution is 7.16. The number of ether oxygens (including phenoxy) is 2. The molecule has 0 atom stereocenters. The third-order valence-electron chi connectivity index (χ3n) is 3.30. The van der Waals surface area contributed by atoms with Crippen LogP contribution in [0.4, 0.5) is 5.00 Å². The van der Waals surface area contributed by atoms with Crippen molar-refractivity contribution in [2.24, 2.45) is 0 Å². The zero-order valence-electron chi connectivity index (χ0n) is 14.4. The molecule has 5 nitrogen and oxygen atoms in total. The number of carbonyl (C=O) groups excluding carboxylic acids is 2. The lowest BCUT2D eigenvalue weighted by molar-refractivity contribution is -0.116. The molecule has 0 bridgehead atoms. The first-order chi connectivity index (χ1) is 12.4. The van der Waals surface area contributed by atoms with Gasteiger partial charge in [-0.2, -0.15) is 0 Å². The third kappa shape index (κ3) is 5.90. The van der Waals surface area contributed by atoms with E-state index < -0.39 is 5.97 Å². The van der Waals surface area contributed by atoms with Gasteiger partial charge in [-0.15, -0.1) is 11.3 Å². The molecular formula is C18H19Cl2NO4S. The number of anilines is 1. The first kappa shape index (κ1) is 20.6. The van der Waals surface area contributed by atoms with Gasteiger partial charge < -0.3 is 14.8 Å². The fourth-order valence-corrected chi connectivity index (χ4v) is 3.54. The van der Waals surface area contributed by atoms with E-state index in [0.717, 1.165) is 4.88 Å². The quantitative estimate of drug-likeness (QED) is 0.466. The Morgan fingerprint density at radius 3 is 2.69 bits per heavy atom. The normalized spacial score (nSPS) is 10.5. The van der Waals surface area contributed by atoms with Crippen LogP contribution >= 0.6 is 34.5 Å². The van der Waals surface area contributed by atoms with Crippen molar-refractivity contribution in [3.63, 3.8) is 0 Å². The van der Waals surface area contributed by atoms with Gasteiger partial charge >= 0.3 is 5.97 Å². The van der Waals surface area contributed by atoms with Crippen LogP contribution in [0.15, 0.2) is 24.3 Å². The second-order valence-electron chi connectivity index (χ2n) is 5.40. The van der Waals surface area contributed by atoms with Crippen molar-refractivity contribution in [2.75, 3.05) is 18.5 Å². The first-order valence-corrected chi connectivity index (χ1v) is 9.63. The standard InChI is InChI=1S/C18H19Cl2NO4S/c1-3-24-18(23)13-9-11(2)26-17(13)21-16(22)5-4-8-25-15-7-6-12(19)10-14(15)20/h6-7,9-10H,3-5,8H2,1-2H3,(H,21,22). The van der Waals surface area contributed by atoms with Crippen molar-refractivity contribution in [3.05, 3.63) is 44.8 Å². The maximum absolute atomic E-state index is 12.1. The molecule has 0 saturated heterocycles. The van der Waals surface area contributed by atoms with Crippen LogP contribution in [0.25, 0.3) is 0 Å². The Morgan fingerprint density at radius 2 is 2.00 bits per heavy atom. The average molecular weight is 416 g/mol. The van der Waals surface area contributed by atoms with Crippen LogP contribution in [0, 0.1) is 6.92 Å². The van der Waals surface area contributed by atoms with Crippen LogP contribution in [0.5, 0.6) is 5.75 Å². The molecule has 0 radical (unpaired) electrons. The Labute approximate surface area is 166 Å². The smallest absolute Gasteiger partial charge is 0.341 e. The van der Waals surface area contributed by atoms with Crippen LogP contribution < -0.4 is 10.1 Å². The Kier molecular flexibility index (Phi) is 7.75. The fraction of sp³-hybridized carbons (Fsp3) is 0.333. The largest absolute Gasteiger partial charge is 0.492 e. The highest BCUT2D eigenvalue weighted by Gasteiger charge is 2.17. The predicted octanol–water partition coefficient (Wildman–Crippen LogP) is 5.34. The average Bonchev–Trinajstić information content (AvgIpc) is 2.94. The first-order valence-electron chi connectivity index (χ1n) is 8.06. The summed E-state index contributed by atoms with van der Waals surface area (Å²) in [5.74, 6) is -0.106. The summed E-state index contributed by atoms with van der Waals surface area (Å²) in [6, 6.07) is 6.68. The van der Waals surface area contributed by atoms with Gasteiger partial charge in [-0.1, -0.05) is 23.2 Å². The zero-order chi connectivity index (χ0) is 19.1. The van der Waals surface area contributed by atoms with Crippen molar-refractivity contribution < 1.29 is 19.1 Å². The monoisotopic (exact) mass is 415 g/mol. The number of aryl methyl sites for hydroxylation is 1. The molecule has 0 aliphatic heterocycles. The van der Waals surface area contributed by atoms with E-state index in [-0.39, 0.29) is 18.9 Å². The second-order valence-corrected chi connectivity index (χ2v) is 7.50. The van der Waals surface area contributed by atoms with E-state index in [1.54, 1.807) is 31.2 Å². The molecule has 1 aromatic carbocycles. The topological polar surface area (TPSA) is 64.6 Å². The van der Waals surface area contributed by atoms with E-state index in [0.29, 0.717) is 39.4 Å². The fourth-order valence-electron chi connectivity index (χ4n) is 2.16. The minimum absolute atomic E-state index is 0.191. The Hall–Kier alpha value is -1.76. The summed E-state index contributed by atoms with van der Waals surface area (Å²) in [6.45, 7) is 4.23. The molecule has 8 heteroatoms. The number of nitrogens with one attached hydrogen (secondary N) is 1. The molecule has 1 heterocycles. The molecule has 0 saturated carbocycles. The Balaban J connectivity index is 1.83. The SMILES string of the molecule is CCOC(=O)c1cc(C)sc1NC(=O)CCCOc1ccc(Cl)cc1Cl. The van der Waals surface area contributed by atoms with Crippen LogP contribution in [0.2, 0.25) is 10.0 Å². The van der Waals surface area contributed by atoms with Gasteiger partial charge in [-0.05, 0) is 44.5 Å². The van der Waals surface area contributed by atoms with Crippen molar-refractivity contribution in [3.8, 4) is 5.75 Å². The molecule has 1 aromatic heterocycles. The number of esters is 1. The van der Waals surface area contributed by atoms with Gasteiger partial charge in [0.25, 0.3) is 0 Å². The maximum atomic E-state index is 12.1. The van der Waals surface area contributed by atoms with E-state index in [1.807, 2.05) is 6.92 Å². The summed E-state index contributed by atoms with van der Waals surface area (Å²) >= 11 is 13.2. The van der Waals surface area contributed by atoms with E-state index in [9.17, 15) is 9.59 Å². The second kappa shape index (κ2) is 9.80. The molecule has 0 unspecified atom stereocenters. The van der Waals surface area contributed by atoms with Gasteiger partial charge in [-0.25, -0.2) is 4.79 Å². The summed E-state index contributed by atoms with van der Waals surface area (Å²) in [4.78, 5) is 25.0. The molecule has 0 aliphatic carbocycles. The Bertz CT molecular complexity index is 791. The van der Waals surface area contributed by atoms with Gasteiger partial charge in [-0.3, -0.25) is 4.79 Å². The minimum atomic E-state index is -0.437. The lowest BCUT2D eigenvalue weighted by Crippen LogP contribution is -2.14. The van der Waals surface area contributed by atoms with E-state index in [4.69, 9.17) is 32.7 Å². The summed E-state index contributed by atoms with van der Waals surface area (Å²) in [5, 5.41) is 4.23. The number of hydrogen-bond acceptors (Lipinski definition) is 5. The van der Waals surface area contributed by atoms with Crippen LogP contribution in [0.3, 0.4) is 0 Å². The number of rotatable bonds is 8. The van der Waals surface area contributed by atoms with Crippen molar-refractivity contribution in [1.29, 1.82) is 0 Å². The molecule has 2 rings (SSSR count). The summed E-state index contributed by atoms with van der Waals surface area (Å²) in [7, 11) is 0. The van der Waals surface area contributed by atoms with Gasteiger partial charge in [0.1, 0.15) is 10.8 Å². The molecular weight excluding hydrogens is 397 g/mol. The number of benzene rings is 1. The highest BCUT2D eigenvalue weighted by atomic mass is 35.5. The van der Waals surface area contributed by atoms with Gasteiger partial charge in [0.05, 0.1) is 23.8 Å². The third-order valence-corrected chi connectivity index (χ3v) is 4.80. The lowest BCUT2D eigenvalue weighted by Gasteiger charge is -2.09. The van der Waals surface area contributed by atoms with Crippen LogP contribution in [-0.4, -0.2) is 25.1 Å². The molecule has 0 aliphatic rings. The van der Waals surface area contributed by atoms with E-state index in [2.05, 4.69) is 5.32 Å². The van der Waals surface area contributed by atoms with Crippen molar-refractivity contribution in [2.45, 2.75) is 26.7 Å². The van der Waals surface area contributed by atoms with Crippen molar-refractivity contribution >= 4 is 51.4 Å². The van der Waals surface area contributed by atoms with Gasteiger partial charge in [0, 0.05) is 16.3 Å². The van der Waals surface area contributed by atoms with Gasteiger partial charge in [0.15, 0.2) is 0 Å². The number of halogens is 2. The van der Waals surface area contributed by atoms with Crippen LogP contribution in [0.1, 0.15) is 35.0 Å². The van der Waals surface area contributed by atoms with E-state index >= 15 is 0 Å². The van der Waals surface area contributed by atoms with Crippen LogP contribution in [-0.2, 0) is 9.53 Å². The summed E-state index contributed by atoms with van der Waals surface area (Å²) in [5.41, 5.74) is 0.381. The predicted molar refractivity (Wildman–Crippen MR) is 105 cm³/mol. The zero-order valence-corrected chi connectivity index (χ0v) is 16.8. The maximum Gasteiger partial charge on any atom is 0.341 e. The number of thiophene rings is 1. The molecule has 0 spiro atoms. The van der Waals surface area contributed by atoms with E-state index in [1.165, 1.54) is 11.3 Å². The number of carbonyl (C=O) groups is 2. The number of amides is 1. The lowest BCUT2D eigenvalue weighted by atomic mass is 10.2. The molecule has 1 N–H and O–H groups in total. The number of hydrogen-bond donors (Lipinski definition) is 1. The highest BCUT2D eigenvalue weighted by Crippen LogP contribution is 2.29. The Morgan fingerprint density at radius 1 is 1.23 bits per heavy atom. The van der Waals surface area contributed by atoms with Crippen molar-refractivity contribution in [1.82, 2.24) is 0 Å². The summed E-state index contributed by atoms with van der Waals surface area (Å²) < 4.78 is 10.6. The molecule has 0 fully saturated rings. The molecule has 140 valence electrons. The van der Waals surface area contributed by atoms with Gasteiger partial charge in [0.2, 0.25) is 5.91 Å². The molecule has 2 aromatic rings. The summed E-state index contributed by atoms with van der Waals surface area (Å²) in [6.07, 6.45) is 0.758. The minimum Gasteiger partial charge on any atom is -0.492 e. The molecule has 1 amide bonds.